The van der Waals surface area contributed by atoms with Gasteiger partial charge >= 0.3 is 0 Å². The highest BCUT2D eigenvalue weighted by molar-refractivity contribution is 5.87. The number of nitrogens with one attached hydrogen (secondary N) is 2. The lowest BCUT2D eigenvalue weighted by atomic mass is 10.1. The maximum Gasteiger partial charge on any atom is 0.185 e. The minimum Gasteiger partial charge on any atom is -0.495 e. The van der Waals surface area contributed by atoms with Gasteiger partial charge in [-0.25, -0.2) is 9.37 Å². The van der Waals surface area contributed by atoms with Crippen LogP contribution >= 0.6 is 0 Å². The summed E-state index contributed by atoms with van der Waals surface area (Å²) in [6, 6.07) is 8.21. The summed E-state index contributed by atoms with van der Waals surface area (Å²) in [7, 11) is 1.46. The first-order chi connectivity index (χ1) is 10.6. The molecule has 22 heavy (non-hydrogen) atoms. The molecule has 2 heterocycles. The Bertz CT molecular complexity index is 898. The largest absolute Gasteiger partial charge is 0.495 e. The van der Waals surface area contributed by atoms with E-state index >= 15 is 0 Å². The van der Waals surface area contributed by atoms with Gasteiger partial charge in [-0.3, -0.25) is 5.10 Å². The summed E-state index contributed by atoms with van der Waals surface area (Å²) in [5.74, 6) is -0.0268. The van der Waals surface area contributed by atoms with Crippen molar-refractivity contribution >= 4 is 28.4 Å². The van der Waals surface area contributed by atoms with Crippen LogP contribution in [-0.2, 0) is 0 Å². The number of hydrogen-bond acceptors (Lipinski definition) is 6. The minimum atomic E-state index is -0.604. The molecule has 4 N–H and O–H groups in total. The average Bonchev–Trinajstić information content (AvgIpc) is 2.88. The molecule has 0 aliphatic heterocycles. The molecule has 0 radical (unpaired) electrons. The van der Waals surface area contributed by atoms with Crippen molar-refractivity contribution in [3.05, 3.63) is 35.6 Å². The van der Waals surface area contributed by atoms with Crippen molar-refractivity contribution in [2.45, 2.75) is 0 Å². The number of halogens is 1. The fraction of sp³-hybridized carbons (Fsp3) is 0.0714. The van der Waals surface area contributed by atoms with Crippen LogP contribution in [0.2, 0.25) is 0 Å². The fourth-order valence-corrected chi connectivity index (χ4v) is 2.07. The second kappa shape index (κ2) is 5.21. The molecule has 0 fully saturated rings. The number of nitrogens with two attached hydrogens (primary N) is 1. The van der Waals surface area contributed by atoms with Crippen molar-refractivity contribution in [3.63, 3.8) is 0 Å². The highest BCUT2D eigenvalue weighted by atomic mass is 19.1. The van der Waals surface area contributed by atoms with Crippen LogP contribution in [0, 0.1) is 17.1 Å². The number of ether oxygens (including phenoxy) is 1. The number of nitrogens with zero attached hydrogens (tertiary/aromatic N) is 3. The van der Waals surface area contributed by atoms with E-state index in [9.17, 15) is 9.65 Å². The third-order valence-corrected chi connectivity index (χ3v) is 3.14. The molecule has 1 aromatic carbocycles. The van der Waals surface area contributed by atoms with Crippen molar-refractivity contribution in [2.24, 2.45) is 0 Å². The Morgan fingerprint density at radius 1 is 1.45 bits per heavy atom. The number of rotatable bonds is 3. The van der Waals surface area contributed by atoms with E-state index in [1.54, 1.807) is 18.2 Å². The molecular weight excluding hydrogens is 287 g/mol. The molecule has 0 amide bonds. The first-order valence-corrected chi connectivity index (χ1v) is 6.28. The maximum absolute atomic E-state index is 14.1. The topological polar surface area (TPSA) is 113 Å². The Hall–Kier alpha value is -3.34. The summed E-state index contributed by atoms with van der Waals surface area (Å²) in [6.07, 6.45) is 0. The summed E-state index contributed by atoms with van der Waals surface area (Å²) in [6.45, 7) is 0. The Kier molecular flexibility index (Phi) is 3.23. The molecule has 0 unspecified atom stereocenters. The summed E-state index contributed by atoms with van der Waals surface area (Å²) in [5.41, 5.74) is 6.55. The van der Waals surface area contributed by atoms with Gasteiger partial charge in [0.1, 0.15) is 23.2 Å². The van der Waals surface area contributed by atoms with E-state index in [1.807, 2.05) is 6.07 Å². The molecule has 2 aromatic heterocycles. The van der Waals surface area contributed by atoms with E-state index in [0.717, 1.165) is 0 Å². The average molecular weight is 298 g/mol. The summed E-state index contributed by atoms with van der Waals surface area (Å²) >= 11 is 0. The molecule has 0 saturated carbocycles. The van der Waals surface area contributed by atoms with E-state index in [1.165, 1.54) is 13.2 Å². The van der Waals surface area contributed by atoms with Gasteiger partial charge in [0, 0.05) is 0 Å². The number of methoxy groups -OCH3 is 1. The van der Waals surface area contributed by atoms with Gasteiger partial charge in [0.25, 0.3) is 0 Å². The number of nitrogen functional groups attached to an aromatic ring is 1. The van der Waals surface area contributed by atoms with Gasteiger partial charge in [0.2, 0.25) is 0 Å². The molecule has 0 spiro atoms. The van der Waals surface area contributed by atoms with Crippen LogP contribution in [0.15, 0.2) is 24.3 Å². The monoisotopic (exact) mass is 298 g/mol. The van der Waals surface area contributed by atoms with E-state index in [-0.39, 0.29) is 22.8 Å². The van der Waals surface area contributed by atoms with Crippen LogP contribution < -0.4 is 15.8 Å². The lowest BCUT2D eigenvalue weighted by Gasteiger charge is -2.10. The lowest BCUT2D eigenvalue weighted by Crippen LogP contribution is -2.01. The zero-order valence-electron chi connectivity index (χ0n) is 11.5. The highest BCUT2D eigenvalue weighted by Gasteiger charge is 2.14. The Morgan fingerprint density at radius 3 is 3.00 bits per heavy atom. The second-order valence-electron chi connectivity index (χ2n) is 4.45. The molecule has 3 rings (SSSR count). The number of aromatic nitrogens is 3. The van der Waals surface area contributed by atoms with Crippen LogP contribution in [-0.4, -0.2) is 22.3 Å². The number of nitriles is 1. The van der Waals surface area contributed by atoms with Gasteiger partial charge in [0.15, 0.2) is 17.3 Å². The number of aromatic amines is 1. The number of pyridine rings is 1. The smallest absolute Gasteiger partial charge is 0.185 e. The third-order valence-electron chi connectivity index (χ3n) is 3.14. The fourth-order valence-electron chi connectivity index (χ4n) is 2.07. The van der Waals surface area contributed by atoms with Gasteiger partial charge in [-0.15, -0.1) is 0 Å². The first kappa shape index (κ1) is 13.6. The van der Waals surface area contributed by atoms with Gasteiger partial charge in [-0.1, -0.05) is 6.07 Å². The molecule has 0 aliphatic rings. The van der Waals surface area contributed by atoms with Crippen LogP contribution in [0.1, 0.15) is 5.56 Å². The van der Waals surface area contributed by atoms with E-state index in [2.05, 4.69) is 20.5 Å². The number of benzene rings is 1. The van der Waals surface area contributed by atoms with Crippen molar-refractivity contribution in [3.8, 4) is 11.8 Å². The SMILES string of the molecule is COc1cccc(Nc2nc3n[nH]c(N)c3cc2F)c1C#N. The van der Waals surface area contributed by atoms with Crippen molar-refractivity contribution < 1.29 is 9.13 Å². The van der Waals surface area contributed by atoms with Crippen LogP contribution in [0.3, 0.4) is 0 Å². The molecular formula is C14H11FN6O. The van der Waals surface area contributed by atoms with Crippen molar-refractivity contribution in [1.82, 2.24) is 15.2 Å². The van der Waals surface area contributed by atoms with Crippen molar-refractivity contribution in [2.75, 3.05) is 18.2 Å². The maximum atomic E-state index is 14.1. The standard InChI is InChI=1S/C14H11FN6O/c1-22-11-4-2-3-10(8(11)6-16)18-14-9(15)5-7-12(17)20-21-13(7)19-14/h2-5H,1H3,(H4,17,18,19,20,21). The van der Waals surface area contributed by atoms with E-state index in [0.29, 0.717) is 16.8 Å². The number of anilines is 3. The van der Waals surface area contributed by atoms with E-state index in [4.69, 9.17) is 10.5 Å². The van der Waals surface area contributed by atoms with Crippen molar-refractivity contribution in [1.29, 1.82) is 5.26 Å². The molecule has 110 valence electrons. The van der Waals surface area contributed by atoms with Gasteiger partial charge in [0.05, 0.1) is 18.2 Å². The van der Waals surface area contributed by atoms with E-state index < -0.39 is 5.82 Å². The van der Waals surface area contributed by atoms with Gasteiger partial charge in [-0.2, -0.15) is 10.4 Å². The zero-order chi connectivity index (χ0) is 15.7. The normalized spacial score (nSPS) is 10.4. The summed E-state index contributed by atoms with van der Waals surface area (Å²) in [5, 5.41) is 18.8. The molecule has 0 bridgehead atoms. The first-order valence-electron chi connectivity index (χ1n) is 6.28. The molecule has 0 atom stereocenters. The second-order valence-corrected chi connectivity index (χ2v) is 4.45. The van der Waals surface area contributed by atoms with Crippen LogP contribution in [0.4, 0.5) is 21.7 Å². The third kappa shape index (κ3) is 2.14. The molecule has 8 heteroatoms. The Balaban J connectivity index is 2.07. The summed E-state index contributed by atoms with van der Waals surface area (Å²) in [4.78, 5) is 4.06. The lowest BCUT2D eigenvalue weighted by molar-refractivity contribution is 0.413. The van der Waals surface area contributed by atoms with Crippen LogP contribution in [0.25, 0.3) is 11.0 Å². The quantitative estimate of drug-likeness (QED) is 0.684. The highest BCUT2D eigenvalue weighted by Crippen LogP contribution is 2.29. The number of H-pyrrole nitrogens is 1. The zero-order valence-corrected chi connectivity index (χ0v) is 11.5. The Labute approximate surface area is 124 Å². The minimum absolute atomic E-state index is 0.0521. The Morgan fingerprint density at radius 2 is 2.27 bits per heavy atom. The summed E-state index contributed by atoms with van der Waals surface area (Å²) < 4.78 is 19.3. The van der Waals surface area contributed by atoms with Crippen LogP contribution in [0.5, 0.6) is 5.75 Å². The molecule has 3 aromatic rings. The van der Waals surface area contributed by atoms with Gasteiger partial charge < -0.3 is 15.8 Å². The molecule has 0 aliphatic carbocycles. The predicted octanol–water partition coefficient (Wildman–Crippen LogP) is 2.30. The number of hydrogen-bond donors (Lipinski definition) is 3. The molecule has 0 saturated heterocycles. The number of fused-ring (bicyclic) bond motifs is 1. The molecule has 7 nitrogen and oxygen atoms in total. The van der Waals surface area contributed by atoms with Gasteiger partial charge in [-0.05, 0) is 18.2 Å². The predicted molar refractivity (Wildman–Crippen MR) is 79.3 cm³/mol.